The Kier molecular flexibility index (Phi) is 5.72. The first-order chi connectivity index (χ1) is 10.1. The van der Waals surface area contributed by atoms with Crippen molar-refractivity contribution in [2.75, 3.05) is 6.61 Å². The molecule has 22 heavy (non-hydrogen) atoms. The highest BCUT2D eigenvalue weighted by atomic mass is 19.4. The molecule has 0 aliphatic rings. The van der Waals surface area contributed by atoms with Crippen LogP contribution in [0.1, 0.15) is 24.3 Å². The van der Waals surface area contributed by atoms with Crippen molar-refractivity contribution in [2.24, 2.45) is 5.92 Å². The molecule has 9 heteroatoms. The van der Waals surface area contributed by atoms with E-state index in [9.17, 15) is 22.8 Å². The van der Waals surface area contributed by atoms with Crippen LogP contribution in [0.4, 0.5) is 13.2 Å². The summed E-state index contributed by atoms with van der Waals surface area (Å²) < 4.78 is 40.6. The smallest absolute Gasteiger partial charge is 0.422 e. The number of nitrogens with zero attached hydrogens (tertiary/aromatic N) is 1. The van der Waals surface area contributed by atoms with Crippen LogP contribution in [0.2, 0.25) is 0 Å². The Morgan fingerprint density at radius 3 is 2.50 bits per heavy atom. The van der Waals surface area contributed by atoms with Gasteiger partial charge in [0.25, 0.3) is 5.91 Å². The minimum Gasteiger partial charge on any atom is -0.480 e. The molecule has 1 rings (SSSR count). The highest BCUT2D eigenvalue weighted by Crippen LogP contribution is 2.17. The monoisotopic (exact) mass is 320 g/mol. The molecule has 0 unspecified atom stereocenters. The van der Waals surface area contributed by atoms with Gasteiger partial charge in [0.05, 0.1) is 0 Å². The molecule has 122 valence electrons. The quantitative estimate of drug-likeness (QED) is 0.835. The van der Waals surface area contributed by atoms with Crippen LogP contribution in [0.15, 0.2) is 18.2 Å². The van der Waals surface area contributed by atoms with Gasteiger partial charge in [-0.2, -0.15) is 13.2 Å². The lowest BCUT2D eigenvalue weighted by Gasteiger charge is -2.17. The molecule has 6 nitrogen and oxygen atoms in total. The molecule has 1 atom stereocenters. The molecule has 1 aromatic rings. The zero-order valence-corrected chi connectivity index (χ0v) is 11.8. The largest absolute Gasteiger partial charge is 0.480 e. The first kappa shape index (κ1) is 17.7. The van der Waals surface area contributed by atoms with Crippen molar-refractivity contribution in [3.63, 3.8) is 0 Å². The zero-order valence-electron chi connectivity index (χ0n) is 11.8. The number of ether oxygens (including phenoxy) is 1. The van der Waals surface area contributed by atoms with Crippen molar-refractivity contribution in [2.45, 2.75) is 26.1 Å². The molecule has 0 saturated heterocycles. The predicted molar refractivity (Wildman–Crippen MR) is 69.5 cm³/mol. The van der Waals surface area contributed by atoms with E-state index in [1.165, 1.54) is 18.2 Å². The molecule has 0 radical (unpaired) electrons. The zero-order chi connectivity index (χ0) is 16.9. The van der Waals surface area contributed by atoms with Crippen LogP contribution in [0, 0.1) is 5.92 Å². The molecule has 1 aromatic heterocycles. The second-order valence-electron chi connectivity index (χ2n) is 4.80. The Balaban J connectivity index is 2.80. The second kappa shape index (κ2) is 7.10. The minimum absolute atomic E-state index is 0.230. The number of aromatic nitrogens is 1. The third-order valence-corrected chi connectivity index (χ3v) is 2.56. The summed E-state index contributed by atoms with van der Waals surface area (Å²) in [5, 5.41) is 11.2. The van der Waals surface area contributed by atoms with Gasteiger partial charge in [-0.15, -0.1) is 0 Å². The van der Waals surface area contributed by atoms with E-state index in [-0.39, 0.29) is 17.5 Å². The van der Waals surface area contributed by atoms with Crippen LogP contribution < -0.4 is 10.1 Å². The summed E-state index contributed by atoms with van der Waals surface area (Å²) in [6.45, 7) is 1.68. The van der Waals surface area contributed by atoms with Gasteiger partial charge >= 0.3 is 12.1 Å². The van der Waals surface area contributed by atoms with Crippen molar-refractivity contribution in [3.8, 4) is 5.88 Å². The Bertz CT molecular complexity index is 546. The Morgan fingerprint density at radius 1 is 1.36 bits per heavy atom. The Labute approximate surface area is 124 Å². The number of halogens is 3. The third kappa shape index (κ3) is 5.58. The molecule has 0 aromatic carbocycles. The van der Waals surface area contributed by atoms with E-state index >= 15 is 0 Å². The van der Waals surface area contributed by atoms with Crippen LogP contribution in [0.5, 0.6) is 5.88 Å². The maximum absolute atomic E-state index is 12.1. The number of alkyl halides is 3. The van der Waals surface area contributed by atoms with Gasteiger partial charge in [0.15, 0.2) is 6.61 Å². The van der Waals surface area contributed by atoms with Gasteiger partial charge in [0.2, 0.25) is 5.88 Å². The SMILES string of the molecule is CC(C)[C@H](NC(=O)c1cccc(OCC(F)(F)F)n1)C(=O)O. The van der Waals surface area contributed by atoms with E-state index < -0.39 is 30.7 Å². The fraction of sp³-hybridized carbons (Fsp3) is 0.462. The van der Waals surface area contributed by atoms with Crippen molar-refractivity contribution >= 4 is 11.9 Å². The van der Waals surface area contributed by atoms with Gasteiger partial charge in [-0.25, -0.2) is 9.78 Å². The van der Waals surface area contributed by atoms with Crippen molar-refractivity contribution in [3.05, 3.63) is 23.9 Å². The van der Waals surface area contributed by atoms with Crippen molar-refractivity contribution in [1.29, 1.82) is 0 Å². The van der Waals surface area contributed by atoms with E-state index in [0.717, 1.165) is 0 Å². The van der Waals surface area contributed by atoms with E-state index in [1.807, 2.05) is 0 Å². The van der Waals surface area contributed by atoms with Gasteiger partial charge in [-0.3, -0.25) is 4.79 Å². The molecule has 0 spiro atoms. The Hall–Kier alpha value is -2.32. The summed E-state index contributed by atoms with van der Waals surface area (Å²) in [7, 11) is 0. The van der Waals surface area contributed by atoms with Crippen LogP contribution in [-0.4, -0.2) is 40.8 Å². The number of carbonyl (C=O) groups excluding carboxylic acids is 1. The summed E-state index contributed by atoms with van der Waals surface area (Å²) in [6, 6.07) is 2.57. The highest BCUT2D eigenvalue weighted by molar-refractivity contribution is 5.95. The Morgan fingerprint density at radius 2 is 2.00 bits per heavy atom. The summed E-state index contributed by atoms with van der Waals surface area (Å²) in [4.78, 5) is 26.5. The summed E-state index contributed by atoms with van der Waals surface area (Å²) >= 11 is 0. The number of rotatable bonds is 6. The van der Waals surface area contributed by atoms with E-state index in [1.54, 1.807) is 13.8 Å². The molecule has 2 N–H and O–H groups in total. The van der Waals surface area contributed by atoms with Crippen LogP contribution in [0.25, 0.3) is 0 Å². The maximum atomic E-state index is 12.1. The number of carbonyl (C=O) groups is 2. The lowest BCUT2D eigenvalue weighted by Crippen LogP contribution is -2.44. The van der Waals surface area contributed by atoms with Gasteiger partial charge in [0.1, 0.15) is 11.7 Å². The maximum Gasteiger partial charge on any atom is 0.422 e. The summed E-state index contributed by atoms with van der Waals surface area (Å²) in [6.07, 6.45) is -4.52. The van der Waals surface area contributed by atoms with Crippen LogP contribution in [-0.2, 0) is 4.79 Å². The molecule has 1 heterocycles. The number of nitrogens with one attached hydrogen (secondary N) is 1. The van der Waals surface area contributed by atoms with Crippen LogP contribution in [0.3, 0.4) is 0 Å². The topological polar surface area (TPSA) is 88.5 Å². The van der Waals surface area contributed by atoms with Gasteiger partial charge in [0, 0.05) is 6.07 Å². The van der Waals surface area contributed by atoms with Gasteiger partial charge in [-0.1, -0.05) is 19.9 Å². The molecular formula is C13H15F3N2O4. The minimum atomic E-state index is -4.52. The third-order valence-electron chi connectivity index (χ3n) is 2.56. The van der Waals surface area contributed by atoms with Gasteiger partial charge in [-0.05, 0) is 12.0 Å². The normalized spacial score (nSPS) is 12.8. The molecule has 0 aliphatic heterocycles. The van der Waals surface area contributed by atoms with E-state index in [0.29, 0.717) is 0 Å². The lowest BCUT2D eigenvalue weighted by atomic mass is 10.0. The first-order valence-electron chi connectivity index (χ1n) is 6.30. The summed E-state index contributed by atoms with van der Waals surface area (Å²) in [5.74, 6) is -2.76. The van der Waals surface area contributed by atoms with Crippen LogP contribution >= 0.6 is 0 Å². The number of carboxylic acid groups (broad SMARTS) is 1. The second-order valence-corrected chi connectivity index (χ2v) is 4.80. The number of amides is 1. The molecule has 0 aliphatic carbocycles. The average molecular weight is 320 g/mol. The predicted octanol–water partition coefficient (Wildman–Crippen LogP) is 1.86. The fourth-order valence-corrected chi connectivity index (χ4v) is 1.51. The average Bonchev–Trinajstić information content (AvgIpc) is 2.41. The fourth-order valence-electron chi connectivity index (χ4n) is 1.51. The van der Waals surface area contributed by atoms with Crippen molar-refractivity contribution < 1.29 is 32.6 Å². The van der Waals surface area contributed by atoms with Crippen molar-refractivity contribution in [1.82, 2.24) is 10.3 Å². The number of carboxylic acids is 1. The molecule has 0 fully saturated rings. The molecule has 0 bridgehead atoms. The number of hydrogen-bond acceptors (Lipinski definition) is 4. The molecule has 0 saturated carbocycles. The highest BCUT2D eigenvalue weighted by Gasteiger charge is 2.29. The van der Waals surface area contributed by atoms with E-state index in [2.05, 4.69) is 15.0 Å². The molecular weight excluding hydrogens is 305 g/mol. The number of hydrogen-bond donors (Lipinski definition) is 2. The van der Waals surface area contributed by atoms with E-state index in [4.69, 9.17) is 5.11 Å². The number of aliphatic carboxylic acids is 1. The first-order valence-corrected chi connectivity index (χ1v) is 6.30. The standard InChI is InChI=1S/C13H15F3N2O4/c1-7(2)10(12(20)21)18-11(19)8-4-3-5-9(17-8)22-6-13(14,15)16/h3-5,7,10H,6H2,1-2H3,(H,18,19)(H,20,21)/t10-/m0/s1. The molecule has 1 amide bonds. The van der Waals surface area contributed by atoms with Gasteiger partial charge < -0.3 is 15.2 Å². The summed E-state index contributed by atoms with van der Waals surface area (Å²) in [5.41, 5.74) is -0.230. The lowest BCUT2D eigenvalue weighted by molar-refractivity contribution is -0.154. The number of pyridine rings is 1.